The number of furan rings is 1. The van der Waals surface area contributed by atoms with Crippen molar-refractivity contribution >= 4 is 22.7 Å². The standard InChI is InChI=1S/C22H18F2N2O3S/c1-14(15-8-10-16(11-9-15)29-21(23)24)30-22-25-19-7-3-2-6-18(19)20(27)26(22)13-17-5-4-12-28-17/h2-12,14,21H,13H2,1H3. The van der Waals surface area contributed by atoms with Crippen molar-refractivity contribution in [2.75, 3.05) is 0 Å². The highest BCUT2D eigenvalue weighted by atomic mass is 32.2. The van der Waals surface area contributed by atoms with Gasteiger partial charge in [0.25, 0.3) is 5.56 Å². The molecule has 0 spiro atoms. The fourth-order valence-corrected chi connectivity index (χ4v) is 4.12. The van der Waals surface area contributed by atoms with Crippen molar-refractivity contribution in [2.24, 2.45) is 0 Å². The van der Waals surface area contributed by atoms with Crippen molar-refractivity contribution < 1.29 is 17.9 Å². The van der Waals surface area contributed by atoms with Crippen molar-refractivity contribution in [2.45, 2.75) is 30.5 Å². The van der Waals surface area contributed by atoms with Crippen LogP contribution in [0.25, 0.3) is 10.9 Å². The highest BCUT2D eigenvalue weighted by Crippen LogP contribution is 2.35. The highest BCUT2D eigenvalue weighted by Gasteiger charge is 2.17. The van der Waals surface area contributed by atoms with E-state index in [1.54, 1.807) is 53.3 Å². The van der Waals surface area contributed by atoms with Crippen LogP contribution in [0, 0.1) is 0 Å². The first kappa shape index (κ1) is 20.2. The Balaban J connectivity index is 1.67. The minimum Gasteiger partial charge on any atom is -0.467 e. The molecule has 2 heterocycles. The molecule has 0 fully saturated rings. The third kappa shape index (κ3) is 4.38. The normalized spacial score (nSPS) is 12.4. The summed E-state index contributed by atoms with van der Waals surface area (Å²) in [7, 11) is 0. The smallest absolute Gasteiger partial charge is 0.387 e. The van der Waals surface area contributed by atoms with Crippen molar-refractivity contribution in [1.29, 1.82) is 0 Å². The van der Waals surface area contributed by atoms with Crippen LogP contribution in [-0.4, -0.2) is 16.2 Å². The number of nitrogens with zero attached hydrogens (tertiary/aromatic N) is 2. The molecule has 2 aromatic heterocycles. The van der Waals surface area contributed by atoms with E-state index in [0.29, 0.717) is 21.8 Å². The number of benzene rings is 2. The van der Waals surface area contributed by atoms with Crippen LogP contribution in [0.3, 0.4) is 0 Å². The molecule has 154 valence electrons. The van der Waals surface area contributed by atoms with E-state index in [1.807, 2.05) is 13.0 Å². The first-order valence-electron chi connectivity index (χ1n) is 9.24. The van der Waals surface area contributed by atoms with Gasteiger partial charge in [0.05, 0.1) is 23.7 Å². The Kier molecular flexibility index (Phi) is 5.85. The number of aromatic nitrogens is 2. The zero-order chi connectivity index (χ0) is 21.1. The summed E-state index contributed by atoms with van der Waals surface area (Å²) in [5.74, 6) is 0.752. The van der Waals surface area contributed by atoms with Gasteiger partial charge in [0.15, 0.2) is 5.16 Å². The molecule has 0 aliphatic rings. The number of hydrogen-bond donors (Lipinski definition) is 0. The van der Waals surface area contributed by atoms with Crippen LogP contribution >= 0.6 is 11.8 Å². The molecule has 0 amide bonds. The summed E-state index contributed by atoms with van der Waals surface area (Å²) in [6.07, 6.45) is 1.56. The lowest BCUT2D eigenvalue weighted by atomic mass is 10.2. The molecule has 0 saturated carbocycles. The third-order valence-corrected chi connectivity index (χ3v) is 5.73. The van der Waals surface area contributed by atoms with E-state index in [2.05, 4.69) is 4.74 Å². The molecule has 0 N–H and O–H groups in total. The molecular formula is C22H18F2N2O3S. The van der Waals surface area contributed by atoms with E-state index >= 15 is 0 Å². The number of fused-ring (bicyclic) bond motifs is 1. The lowest BCUT2D eigenvalue weighted by molar-refractivity contribution is -0.0498. The highest BCUT2D eigenvalue weighted by molar-refractivity contribution is 7.99. The predicted octanol–water partition coefficient (Wildman–Crippen LogP) is 5.49. The number of halogens is 2. The van der Waals surface area contributed by atoms with Gasteiger partial charge in [-0.1, -0.05) is 36.0 Å². The van der Waals surface area contributed by atoms with Crippen molar-refractivity contribution in [3.05, 3.63) is 88.6 Å². The summed E-state index contributed by atoms with van der Waals surface area (Å²) >= 11 is 1.42. The Hall–Kier alpha value is -3.13. The second-order valence-corrected chi connectivity index (χ2v) is 7.90. The van der Waals surface area contributed by atoms with E-state index < -0.39 is 6.61 Å². The molecule has 1 unspecified atom stereocenters. The van der Waals surface area contributed by atoms with Gasteiger partial charge in [-0.3, -0.25) is 9.36 Å². The Morgan fingerprint density at radius 3 is 2.57 bits per heavy atom. The van der Waals surface area contributed by atoms with Crippen LogP contribution in [0.5, 0.6) is 5.75 Å². The number of rotatable bonds is 7. The minimum atomic E-state index is -2.86. The van der Waals surface area contributed by atoms with Gasteiger partial charge < -0.3 is 9.15 Å². The Morgan fingerprint density at radius 1 is 1.10 bits per heavy atom. The van der Waals surface area contributed by atoms with Crippen LogP contribution in [0.2, 0.25) is 0 Å². The molecule has 1 atom stereocenters. The third-order valence-electron chi connectivity index (χ3n) is 4.58. The van der Waals surface area contributed by atoms with E-state index in [1.165, 1.54) is 23.9 Å². The van der Waals surface area contributed by atoms with Gasteiger partial charge in [-0.05, 0) is 48.9 Å². The van der Waals surface area contributed by atoms with Gasteiger partial charge in [-0.15, -0.1) is 0 Å². The van der Waals surface area contributed by atoms with Gasteiger partial charge in [0, 0.05) is 5.25 Å². The number of ether oxygens (including phenoxy) is 1. The molecule has 0 aliphatic heterocycles. The summed E-state index contributed by atoms with van der Waals surface area (Å²) in [6, 6.07) is 17.2. The van der Waals surface area contributed by atoms with Gasteiger partial charge in [-0.2, -0.15) is 8.78 Å². The molecule has 2 aromatic carbocycles. The molecule has 5 nitrogen and oxygen atoms in total. The fraction of sp³-hybridized carbons (Fsp3) is 0.182. The van der Waals surface area contributed by atoms with E-state index in [-0.39, 0.29) is 23.1 Å². The molecule has 4 aromatic rings. The molecule has 0 aliphatic carbocycles. The summed E-state index contributed by atoms with van der Waals surface area (Å²) in [5, 5.41) is 1.01. The number of para-hydroxylation sites is 1. The van der Waals surface area contributed by atoms with Crippen LogP contribution < -0.4 is 10.3 Å². The van der Waals surface area contributed by atoms with Gasteiger partial charge in [-0.25, -0.2) is 4.98 Å². The Bertz CT molecular complexity index is 1190. The summed E-state index contributed by atoms with van der Waals surface area (Å²) in [4.78, 5) is 17.8. The zero-order valence-electron chi connectivity index (χ0n) is 16.0. The molecular weight excluding hydrogens is 410 g/mol. The average molecular weight is 428 g/mol. The van der Waals surface area contributed by atoms with Crippen LogP contribution in [-0.2, 0) is 6.54 Å². The number of alkyl halides is 2. The first-order chi connectivity index (χ1) is 14.5. The average Bonchev–Trinajstić information content (AvgIpc) is 3.24. The summed E-state index contributed by atoms with van der Waals surface area (Å²) in [5.41, 5.74) is 1.37. The van der Waals surface area contributed by atoms with E-state index in [9.17, 15) is 13.6 Å². The maximum atomic E-state index is 13.1. The monoisotopic (exact) mass is 428 g/mol. The topological polar surface area (TPSA) is 57.3 Å². The second-order valence-electron chi connectivity index (χ2n) is 6.59. The van der Waals surface area contributed by atoms with Crippen molar-refractivity contribution in [1.82, 2.24) is 9.55 Å². The molecule has 30 heavy (non-hydrogen) atoms. The molecule has 0 bridgehead atoms. The molecule has 4 rings (SSSR count). The van der Waals surface area contributed by atoms with E-state index in [4.69, 9.17) is 9.40 Å². The number of hydrogen-bond acceptors (Lipinski definition) is 5. The second kappa shape index (κ2) is 8.71. The number of thioether (sulfide) groups is 1. The van der Waals surface area contributed by atoms with Crippen LogP contribution in [0.15, 0.2) is 81.3 Å². The first-order valence-corrected chi connectivity index (χ1v) is 10.1. The van der Waals surface area contributed by atoms with Gasteiger partial charge in [0.1, 0.15) is 11.5 Å². The summed E-state index contributed by atoms with van der Waals surface area (Å²) < 4.78 is 36.1. The van der Waals surface area contributed by atoms with Gasteiger partial charge >= 0.3 is 6.61 Å². The lowest BCUT2D eigenvalue weighted by Gasteiger charge is -2.16. The quantitative estimate of drug-likeness (QED) is 0.288. The largest absolute Gasteiger partial charge is 0.467 e. The molecule has 8 heteroatoms. The lowest BCUT2D eigenvalue weighted by Crippen LogP contribution is -2.24. The fourth-order valence-electron chi connectivity index (χ4n) is 3.08. The van der Waals surface area contributed by atoms with Crippen LogP contribution in [0.1, 0.15) is 23.5 Å². The maximum Gasteiger partial charge on any atom is 0.387 e. The predicted molar refractivity (Wildman–Crippen MR) is 111 cm³/mol. The summed E-state index contributed by atoms with van der Waals surface area (Å²) in [6.45, 7) is -0.632. The van der Waals surface area contributed by atoms with Crippen molar-refractivity contribution in [3.63, 3.8) is 0 Å². The van der Waals surface area contributed by atoms with Gasteiger partial charge in [0.2, 0.25) is 0 Å². The maximum absolute atomic E-state index is 13.1. The zero-order valence-corrected chi connectivity index (χ0v) is 16.8. The SMILES string of the molecule is CC(Sc1nc2ccccc2c(=O)n1Cc1ccco1)c1ccc(OC(F)F)cc1. The Morgan fingerprint density at radius 2 is 1.87 bits per heavy atom. The molecule has 0 saturated heterocycles. The van der Waals surface area contributed by atoms with E-state index in [0.717, 1.165) is 5.56 Å². The van der Waals surface area contributed by atoms with Crippen LogP contribution in [0.4, 0.5) is 8.78 Å². The van der Waals surface area contributed by atoms with Crippen molar-refractivity contribution in [3.8, 4) is 5.75 Å². The minimum absolute atomic E-state index is 0.0819. The molecule has 0 radical (unpaired) electrons. The Labute approximate surface area is 175 Å².